The van der Waals surface area contributed by atoms with Crippen LogP contribution in [0.5, 0.6) is 0 Å². The van der Waals surface area contributed by atoms with Crippen molar-refractivity contribution in [3.63, 3.8) is 0 Å². The highest BCUT2D eigenvalue weighted by Gasteiger charge is 2.30. The van der Waals surface area contributed by atoms with Crippen LogP contribution in [0.15, 0.2) is 6.20 Å². The van der Waals surface area contributed by atoms with Gasteiger partial charge in [0, 0.05) is 37.3 Å². The van der Waals surface area contributed by atoms with E-state index in [0.717, 1.165) is 45.6 Å². The van der Waals surface area contributed by atoms with E-state index in [1.807, 2.05) is 6.20 Å². The van der Waals surface area contributed by atoms with Crippen molar-refractivity contribution in [2.45, 2.75) is 32.2 Å². The predicted molar refractivity (Wildman–Crippen MR) is 87.6 cm³/mol. The number of anilines is 1. The zero-order valence-electron chi connectivity index (χ0n) is 12.2. The van der Waals surface area contributed by atoms with Crippen LogP contribution in [-0.2, 0) is 11.3 Å². The number of piperidine rings is 1. The van der Waals surface area contributed by atoms with Crippen molar-refractivity contribution in [2.24, 2.45) is 5.92 Å². The molecule has 1 unspecified atom stereocenters. The minimum absolute atomic E-state index is 0. The quantitative estimate of drug-likeness (QED) is 0.920. The number of nitrogens with two attached hydrogens (primary N) is 1. The molecule has 2 aliphatic heterocycles. The predicted octanol–water partition coefficient (Wildman–Crippen LogP) is 1.98. The molecule has 0 radical (unpaired) electrons. The highest BCUT2D eigenvalue weighted by atomic mass is 35.5. The molecule has 2 saturated heterocycles. The lowest BCUT2D eigenvalue weighted by Gasteiger charge is -2.33. The fourth-order valence-electron chi connectivity index (χ4n) is 3.21. The highest BCUT2D eigenvalue weighted by Crippen LogP contribution is 2.24. The van der Waals surface area contributed by atoms with Gasteiger partial charge in [-0.05, 0) is 32.2 Å². The fraction of sp³-hybridized carbons (Fsp3) is 0.714. The number of likely N-dealkylation sites (tertiary alicyclic amines) is 2. The second-order valence-corrected chi connectivity index (χ2v) is 6.92. The molecule has 0 bridgehead atoms. The van der Waals surface area contributed by atoms with Crippen LogP contribution < -0.4 is 5.73 Å². The molecule has 0 aliphatic carbocycles. The van der Waals surface area contributed by atoms with Crippen LogP contribution in [-0.4, -0.2) is 46.9 Å². The van der Waals surface area contributed by atoms with Gasteiger partial charge in [0.25, 0.3) is 0 Å². The van der Waals surface area contributed by atoms with Gasteiger partial charge in [0.2, 0.25) is 5.91 Å². The maximum absolute atomic E-state index is 12.5. The van der Waals surface area contributed by atoms with E-state index in [0.29, 0.717) is 11.0 Å². The van der Waals surface area contributed by atoms with Crippen LogP contribution in [0.3, 0.4) is 0 Å². The van der Waals surface area contributed by atoms with Crippen LogP contribution in [0.1, 0.15) is 30.6 Å². The Bertz CT molecular complexity index is 475. The topological polar surface area (TPSA) is 62.5 Å². The van der Waals surface area contributed by atoms with E-state index in [2.05, 4.69) is 14.8 Å². The molecule has 2 fully saturated rings. The van der Waals surface area contributed by atoms with Gasteiger partial charge in [0.1, 0.15) is 0 Å². The summed E-state index contributed by atoms with van der Waals surface area (Å²) in [6, 6.07) is 0. The van der Waals surface area contributed by atoms with Crippen molar-refractivity contribution in [1.29, 1.82) is 0 Å². The van der Waals surface area contributed by atoms with Crippen molar-refractivity contribution in [1.82, 2.24) is 14.8 Å². The van der Waals surface area contributed by atoms with Crippen LogP contribution in [0, 0.1) is 5.92 Å². The number of carbonyl (C=O) groups excluding carboxylic acids is 1. The molecule has 7 heteroatoms. The van der Waals surface area contributed by atoms with Crippen molar-refractivity contribution in [3.8, 4) is 0 Å². The number of aromatic nitrogens is 1. The third-order valence-corrected chi connectivity index (χ3v) is 5.03. The van der Waals surface area contributed by atoms with Crippen LogP contribution in [0.4, 0.5) is 5.13 Å². The van der Waals surface area contributed by atoms with Gasteiger partial charge < -0.3 is 10.6 Å². The van der Waals surface area contributed by atoms with E-state index in [1.54, 1.807) is 11.3 Å². The van der Waals surface area contributed by atoms with Gasteiger partial charge in [-0.15, -0.1) is 23.7 Å². The van der Waals surface area contributed by atoms with E-state index in [-0.39, 0.29) is 18.3 Å². The lowest BCUT2D eigenvalue weighted by molar-refractivity contribution is -0.136. The molecule has 0 saturated carbocycles. The summed E-state index contributed by atoms with van der Waals surface area (Å²) in [6.07, 6.45) is 6.34. The maximum Gasteiger partial charge on any atom is 0.226 e. The first kappa shape index (κ1) is 16.5. The van der Waals surface area contributed by atoms with Gasteiger partial charge in [0.15, 0.2) is 5.13 Å². The van der Waals surface area contributed by atoms with E-state index in [9.17, 15) is 4.79 Å². The molecular formula is C14H23ClN4OS. The molecule has 2 N–H and O–H groups in total. The first-order valence-corrected chi connectivity index (χ1v) is 8.25. The normalized spacial score (nSPS) is 23.0. The number of rotatable bonds is 3. The van der Waals surface area contributed by atoms with Crippen molar-refractivity contribution in [2.75, 3.05) is 31.9 Å². The zero-order valence-corrected chi connectivity index (χ0v) is 13.8. The zero-order chi connectivity index (χ0) is 13.9. The molecule has 1 atom stereocenters. The largest absolute Gasteiger partial charge is 0.375 e. The summed E-state index contributed by atoms with van der Waals surface area (Å²) >= 11 is 1.55. The standard InChI is InChI=1S/C14H22N4OS.ClH/c15-14-16-8-12(20-14)10-17-5-3-4-11(9-17)13(19)18-6-1-2-7-18;/h8,11H,1-7,9-10H2,(H2,15,16);1H. The van der Waals surface area contributed by atoms with E-state index >= 15 is 0 Å². The van der Waals surface area contributed by atoms with Crippen LogP contribution >= 0.6 is 23.7 Å². The van der Waals surface area contributed by atoms with E-state index in [1.165, 1.54) is 17.7 Å². The summed E-state index contributed by atoms with van der Waals surface area (Å²) in [6.45, 7) is 4.74. The lowest BCUT2D eigenvalue weighted by Crippen LogP contribution is -2.43. The number of thiazole rings is 1. The Morgan fingerprint density at radius 2 is 2.10 bits per heavy atom. The van der Waals surface area contributed by atoms with Crippen LogP contribution in [0.2, 0.25) is 0 Å². The molecule has 3 heterocycles. The van der Waals surface area contributed by atoms with Gasteiger partial charge in [-0.2, -0.15) is 0 Å². The number of hydrogen-bond acceptors (Lipinski definition) is 5. The first-order chi connectivity index (χ1) is 9.72. The molecule has 1 aromatic heterocycles. The molecule has 5 nitrogen and oxygen atoms in total. The number of hydrogen-bond donors (Lipinski definition) is 1. The van der Waals surface area contributed by atoms with Gasteiger partial charge in [-0.3, -0.25) is 9.69 Å². The van der Waals surface area contributed by atoms with Crippen LogP contribution in [0.25, 0.3) is 0 Å². The highest BCUT2D eigenvalue weighted by molar-refractivity contribution is 7.15. The minimum atomic E-state index is 0. The maximum atomic E-state index is 12.5. The third kappa shape index (κ3) is 4.08. The molecule has 1 aromatic rings. The summed E-state index contributed by atoms with van der Waals surface area (Å²) in [5.41, 5.74) is 5.67. The minimum Gasteiger partial charge on any atom is -0.375 e. The van der Waals surface area contributed by atoms with E-state index in [4.69, 9.17) is 5.73 Å². The monoisotopic (exact) mass is 330 g/mol. The molecular weight excluding hydrogens is 308 g/mol. The SMILES string of the molecule is Cl.Nc1ncc(CN2CCCC(C(=O)N3CCCC3)C2)s1. The molecule has 0 spiro atoms. The molecule has 2 aliphatic rings. The molecule has 1 amide bonds. The second-order valence-electron chi connectivity index (χ2n) is 5.77. The molecule has 21 heavy (non-hydrogen) atoms. The molecule has 118 valence electrons. The molecule has 0 aromatic carbocycles. The molecule has 3 rings (SSSR count). The Morgan fingerprint density at radius 3 is 2.76 bits per heavy atom. The van der Waals surface area contributed by atoms with E-state index < -0.39 is 0 Å². The van der Waals surface area contributed by atoms with Crippen molar-refractivity contribution < 1.29 is 4.79 Å². The average Bonchev–Trinajstić information content (AvgIpc) is 3.10. The second kappa shape index (κ2) is 7.42. The summed E-state index contributed by atoms with van der Waals surface area (Å²) < 4.78 is 0. The Labute approximate surface area is 135 Å². The van der Waals surface area contributed by atoms with Gasteiger partial charge in [-0.25, -0.2) is 4.98 Å². The summed E-state index contributed by atoms with van der Waals surface area (Å²) in [7, 11) is 0. The number of nitrogen functional groups attached to an aromatic ring is 1. The summed E-state index contributed by atoms with van der Waals surface area (Å²) in [4.78, 5) is 22.2. The summed E-state index contributed by atoms with van der Waals surface area (Å²) in [5.74, 6) is 0.558. The Kier molecular flexibility index (Phi) is 5.84. The number of nitrogens with zero attached hydrogens (tertiary/aromatic N) is 3. The van der Waals surface area contributed by atoms with Gasteiger partial charge in [0.05, 0.1) is 5.92 Å². The third-order valence-electron chi connectivity index (χ3n) is 4.22. The smallest absolute Gasteiger partial charge is 0.226 e. The average molecular weight is 331 g/mol. The fourth-order valence-corrected chi connectivity index (χ4v) is 3.94. The number of halogens is 1. The van der Waals surface area contributed by atoms with Crippen molar-refractivity contribution in [3.05, 3.63) is 11.1 Å². The Morgan fingerprint density at radius 1 is 1.33 bits per heavy atom. The van der Waals surface area contributed by atoms with Gasteiger partial charge in [-0.1, -0.05) is 0 Å². The van der Waals surface area contributed by atoms with Gasteiger partial charge >= 0.3 is 0 Å². The first-order valence-electron chi connectivity index (χ1n) is 7.43. The van der Waals surface area contributed by atoms with Crippen molar-refractivity contribution >= 4 is 34.8 Å². The Hall–Kier alpha value is -0.850. The summed E-state index contributed by atoms with van der Waals surface area (Å²) in [5, 5.41) is 0.627. The Balaban J connectivity index is 0.00000161. The lowest BCUT2D eigenvalue weighted by atomic mass is 9.96. The number of carbonyl (C=O) groups is 1. The number of amides is 1.